The molecule has 10 heteroatoms. The molecule has 1 aromatic carbocycles. The second-order valence-corrected chi connectivity index (χ2v) is 8.94. The van der Waals surface area contributed by atoms with E-state index in [2.05, 4.69) is 19.9 Å². The molecule has 162 valence electrons. The highest BCUT2D eigenvalue weighted by molar-refractivity contribution is 5.84. The Labute approximate surface area is 179 Å². The minimum absolute atomic E-state index is 0.0142. The summed E-state index contributed by atoms with van der Waals surface area (Å²) in [5, 5.41) is 0. The second-order valence-electron chi connectivity index (χ2n) is 8.94. The molecular weight excluding hydrogens is 398 g/mol. The first-order valence-corrected chi connectivity index (χ1v) is 10.2. The highest BCUT2D eigenvalue weighted by Gasteiger charge is 2.46. The topological polar surface area (TPSA) is 137 Å². The Morgan fingerprint density at radius 2 is 2.06 bits per heavy atom. The van der Waals surface area contributed by atoms with Crippen LogP contribution in [0.25, 0.3) is 11.1 Å². The maximum atomic E-state index is 12.7. The molecule has 0 saturated carbocycles. The van der Waals surface area contributed by atoms with E-state index >= 15 is 0 Å². The third-order valence-corrected chi connectivity index (χ3v) is 5.74. The largest absolute Gasteiger partial charge is 0.444 e. The summed E-state index contributed by atoms with van der Waals surface area (Å²) in [6, 6.07) is 5.77. The van der Waals surface area contributed by atoms with Gasteiger partial charge in [0.2, 0.25) is 0 Å². The fraction of sp³-hybridized carbons (Fsp3) is 0.429. The molecule has 1 fully saturated rings. The van der Waals surface area contributed by atoms with E-state index in [0.29, 0.717) is 30.0 Å². The number of likely N-dealkylation sites (tertiary alicyclic amines) is 1. The molecule has 2 atom stereocenters. The molecular formula is C21H25N7O3. The SMILES string of the molecule is CC(C)(C)OC(=O)N1CCC1C1CN(c2ccc3oc(N)nc3c2)c2c(N)ncnc21. The van der Waals surface area contributed by atoms with Gasteiger partial charge in [-0.15, -0.1) is 0 Å². The van der Waals surface area contributed by atoms with Gasteiger partial charge in [-0.1, -0.05) is 0 Å². The van der Waals surface area contributed by atoms with E-state index < -0.39 is 5.60 Å². The molecule has 1 amide bonds. The molecule has 2 aromatic heterocycles. The van der Waals surface area contributed by atoms with Gasteiger partial charge in [0.15, 0.2) is 11.4 Å². The number of nitrogen functional groups attached to an aromatic ring is 2. The Morgan fingerprint density at radius 1 is 1.26 bits per heavy atom. The number of carbonyl (C=O) groups excluding carboxylic acids is 1. The van der Waals surface area contributed by atoms with Crippen molar-refractivity contribution in [1.82, 2.24) is 19.9 Å². The molecule has 4 heterocycles. The molecule has 5 rings (SSSR count). The van der Waals surface area contributed by atoms with Crippen molar-refractivity contribution in [3.05, 3.63) is 30.2 Å². The van der Waals surface area contributed by atoms with Crippen LogP contribution >= 0.6 is 0 Å². The summed E-state index contributed by atoms with van der Waals surface area (Å²) in [6.45, 7) is 6.88. The molecule has 2 unspecified atom stereocenters. The van der Waals surface area contributed by atoms with Crippen LogP contribution in [0.4, 0.5) is 28.0 Å². The van der Waals surface area contributed by atoms with E-state index in [1.807, 2.05) is 39.0 Å². The molecule has 1 saturated heterocycles. The molecule has 10 nitrogen and oxygen atoms in total. The number of aromatic nitrogens is 3. The quantitative estimate of drug-likeness (QED) is 0.637. The maximum Gasteiger partial charge on any atom is 0.410 e. The first kappa shape index (κ1) is 19.4. The summed E-state index contributed by atoms with van der Waals surface area (Å²) in [5.74, 6) is 0.384. The number of hydrogen-bond donors (Lipinski definition) is 2. The van der Waals surface area contributed by atoms with E-state index in [4.69, 9.17) is 20.6 Å². The molecule has 0 bridgehead atoms. The minimum atomic E-state index is -0.543. The van der Waals surface area contributed by atoms with Crippen LogP contribution in [0.5, 0.6) is 0 Å². The van der Waals surface area contributed by atoms with Gasteiger partial charge in [-0.05, 0) is 45.4 Å². The number of oxazole rings is 1. The molecule has 0 radical (unpaired) electrons. The first-order valence-electron chi connectivity index (χ1n) is 10.2. The van der Waals surface area contributed by atoms with Crippen molar-refractivity contribution in [1.29, 1.82) is 0 Å². The number of nitrogens with zero attached hydrogens (tertiary/aromatic N) is 5. The lowest BCUT2D eigenvalue weighted by Gasteiger charge is -2.44. The van der Waals surface area contributed by atoms with Gasteiger partial charge >= 0.3 is 6.09 Å². The summed E-state index contributed by atoms with van der Waals surface area (Å²) < 4.78 is 11.0. The van der Waals surface area contributed by atoms with Gasteiger partial charge in [-0.2, -0.15) is 4.98 Å². The van der Waals surface area contributed by atoms with Crippen LogP contribution < -0.4 is 16.4 Å². The van der Waals surface area contributed by atoms with Crippen molar-refractivity contribution in [2.75, 3.05) is 29.5 Å². The molecule has 3 aromatic rings. The molecule has 2 aliphatic heterocycles. The van der Waals surface area contributed by atoms with Crippen LogP contribution in [0, 0.1) is 0 Å². The summed E-state index contributed by atoms with van der Waals surface area (Å²) in [5.41, 5.74) is 15.2. The average Bonchev–Trinajstić information content (AvgIpc) is 3.19. The summed E-state index contributed by atoms with van der Waals surface area (Å²) in [4.78, 5) is 29.5. The van der Waals surface area contributed by atoms with Crippen LogP contribution in [0.15, 0.2) is 28.9 Å². The van der Waals surface area contributed by atoms with Crippen molar-refractivity contribution in [3.63, 3.8) is 0 Å². The van der Waals surface area contributed by atoms with Crippen molar-refractivity contribution >= 4 is 40.4 Å². The Balaban J connectivity index is 1.48. The summed E-state index contributed by atoms with van der Waals surface area (Å²) in [6.07, 6.45) is 2.05. The van der Waals surface area contributed by atoms with Crippen LogP contribution in [0.2, 0.25) is 0 Å². The molecule has 0 aliphatic carbocycles. The highest BCUT2D eigenvalue weighted by atomic mass is 16.6. The zero-order chi connectivity index (χ0) is 21.9. The monoisotopic (exact) mass is 423 g/mol. The van der Waals surface area contributed by atoms with Crippen LogP contribution in [-0.2, 0) is 4.74 Å². The number of fused-ring (bicyclic) bond motifs is 2. The predicted molar refractivity (Wildman–Crippen MR) is 116 cm³/mol. The van der Waals surface area contributed by atoms with E-state index in [1.54, 1.807) is 4.90 Å². The Hall–Kier alpha value is -3.56. The second kappa shape index (κ2) is 6.73. The number of anilines is 4. The van der Waals surface area contributed by atoms with E-state index in [1.165, 1.54) is 6.33 Å². The van der Waals surface area contributed by atoms with Gasteiger partial charge in [0.25, 0.3) is 6.01 Å². The van der Waals surface area contributed by atoms with E-state index in [0.717, 1.165) is 23.5 Å². The van der Waals surface area contributed by atoms with Gasteiger partial charge in [0, 0.05) is 30.7 Å². The smallest absolute Gasteiger partial charge is 0.410 e. The third-order valence-electron chi connectivity index (χ3n) is 5.74. The summed E-state index contributed by atoms with van der Waals surface area (Å²) in [7, 11) is 0. The molecule has 4 N–H and O–H groups in total. The lowest BCUT2D eigenvalue weighted by molar-refractivity contribution is -0.00974. The van der Waals surface area contributed by atoms with Gasteiger partial charge < -0.3 is 30.4 Å². The number of ether oxygens (including phenoxy) is 1. The highest BCUT2D eigenvalue weighted by Crippen LogP contribution is 2.47. The predicted octanol–water partition coefficient (Wildman–Crippen LogP) is 3.03. The van der Waals surface area contributed by atoms with Gasteiger partial charge in [0.05, 0.1) is 5.69 Å². The van der Waals surface area contributed by atoms with Crippen LogP contribution in [0.3, 0.4) is 0 Å². The van der Waals surface area contributed by atoms with Gasteiger partial charge in [0.1, 0.15) is 23.1 Å². The fourth-order valence-corrected chi connectivity index (χ4v) is 4.34. The fourth-order valence-electron chi connectivity index (χ4n) is 4.34. The van der Waals surface area contributed by atoms with Crippen molar-refractivity contribution in [2.24, 2.45) is 0 Å². The number of rotatable bonds is 2. The zero-order valence-electron chi connectivity index (χ0n) is 17.7. The number of hydrogen-bond acceptors (Lipinski definition) is 9. The molecule has 31 heavy (non-hydrogen) atoms. The first-order chi connectivity index (χ1) is 14.7. The molecule has 0 spiro atoms. The lowest BCUT2D eigenvalue weighted by atomic mass is 9.88. The zero-order valence-corrected chi connectivity index (χ0v) is 17.7. The van der Waals surface area contributed by atoms with E-state index in [-0.39, 0.29) is 24.1 Å². The Kier molecular flexibility index (Phi) is 4.21. The number of carbonyl (C=O) groups is 1. The van der Waals surface area contributed by atoms with Gasteiger partial charge in [-0.25, -0.2) is 14.8 Å². The number of benzene rings is 1. The number of amides is 1. The van der Waals surface area contributed by atoms with Crippen molar-refractivity contribution in [2.45, 2.75) is 44.8 Å². The lowest BCUT2D eigenvalue weighted by Crippen LogP contribution is -2.55. The van der Waals surface area contributed by atoms with Crippen molar-refractivity contribution in [3.8, 4) is 0 Å². The van der Waals surface area contributed by atoms with Gasteiger partial charge in [-0.3, -0.25) is 0 Å². The van der Waals surface area contributed by atoms with Crippen LogP contribution in [-0.4, -0.2) is 50.7 Å². The van der Waals surface area contributed by atoms with Crippen LogP contribution in [0.1, 0.15) is 38.8 Å². The summed E-state index contributed by atoms with van der Waals surface area (Å²) >= 11 is 0. The molecule has 2 aliphatic rings. The Bertz CT molecular complexity index is 1170. The number of nitrogens with two attached hydrogens (primary N) is 2. The van der Waals surface area contributed by atoms with Crippen molar-refractivity contribution < 1.29 is 13.9 Å². The average molecular weight is 423 g/mol. The standard InChI is InChI=1S/C21H25N7O3/c1-21(2,3)31-20(29)27-7-6-14(27)12-9-28(17-16(12)24-10-25-18(17)22)11-4-5-15-13(8-11)26-19(23)30-15/h4-5,8,10,12,14H,6-7,9H2,1-3H3,(H2,23,26)(H2,22,24,25). The normalized spacial score (nSPS) is 20.6. The maximum absolute atomic E-state index is 12.7. The minimum Gasteiger partial charge on any atom is -0.444 e. The third kappa shape index (κ3) is 3.28. The Morgan fingerprint density at radius 3 is 2.77 bits per heavy atom. The van der Waals surface area contributed by atoms with E-state index in [9.17, 15) is 4.79 Å².